The maximum atomic E-state index is 10.5. The van der Waals surface area contributed by atoms with E-state index in [0.29, 0.717) is 6.42 Å². The molecule has 0 amide bonds. The van der Waals surface area contributed by atoms with Gasteiger partial charge in [0.15, 0.2) is 0 Å². The molecule has 0 aromatic carbocycles. The van der Waals surface area contributed by atoms with Gasteiger partial charge < -0.3 is 5.73 Å². The molecule has 0 aromatic heterocycles. The number of rotatable bonds is 3. The van der Waals surface area contributed by atoms with E-state index in [4.69, 9.17) is 5.73 Å². The number of hydrogen-bond acceptors (Lipinski definition) is 3. The summed E-state index contributed by atoms with van der Waals surface area (Å²) in [7, 11) is -2.80. The van der Waals surface area contributed by atoms with Gasteiger partial charge in [-0.25, -0.2) is 8.42 Å². The normalized spacial score (nSPS) is 15.4. The van der Waals surface area contributed by atoms with Gasteiger partial charge in [0.25, 0.3) is 0 Å². The van der Waals surface area contributed by atoms with E-state index in [-0.39, 0.29) is 11.8 Å². The minimum atomic E-state index is -2.80. The van der Waals surface area contributed by atoms with E-state index in [9.17, 15) is 8.42 Å². The predicted molar refractivity (Wildman–Crippen MR) is 38.0 cm³/mol. The van der Waals surface area contributed by atoms with Crippen molar-refractivity contribution in [2.75, 3.05) is 12.0 Å². The lowest BCUT2D eigenvalue weighted by atomic mass is 10.3. The highest BCUT2D eigenvalue weighted by atomic mass is 32.2. The zero-order chi connectivity index (χ0) is 7.49. The third kappa shape index (κ3) is 7.91. The first kappa shape index (κ1) is 8.91. The Kier molecular flexibility index (Phi) is 3.14. The maximum absolute atomic E-state index is 10.5. The molecule has 0 radical (unpaired) electrons. The molecule has 0 spiro atoms. The van der Waals surface area contributed by atoms with E-state index in [1.807, 2.05) is 0 Å². The molecule has 0 rings (SSSR count). The Morgan fingerprint density at radius 1 is 1.56 bits per heavy atom. The van der Waals surface area contributed by atoms with Crippen LogP contribution in [0.4, 0.5) is 0 Å². The molecule has 0 aliphatic heterocycles. The Morgan fingerprint density at radius 2 is 2.00 bits per heavy atom. The summed E-state index contributed by atoms with van der Waals surface area (Å²) in [6.45, 7) is 1.80. The SMILES string of the molecule is C[C@H](N)CCS(C)(=O)=O. The summed E-state index contributed by atoms with van der Waals surface area (Å²) in [5.74, 6) is 0.199. The summed E-state index contributed by atoms with van der Waals surface area (Å²) < 4.78 is 21.0. The van der Waals surface area contributed by atoms with Crippen molar-refractivity contribution >= 4 is 9.84 Å². The van der Waals surface area contributed by atoms with Crippen LogP contribution in [0.2, 0.25) is 0 Å². The first-order chi connectivity index (χ1) is 3.92. The van der Waals surface area contributed by atoms with E-state index >= 15 is 0 Å². The molecule has 4 heteroatoms. The molecule has 0 saturated heterocycles. The van der Waals surface area contributed by atoms with Gasteiger partial charge in [-0.15, -0.1) is 0 Å². The largest absolute Gasteiger partial charge is 0.328 e. The van der Waals surface area contributed by atoms with Gasteiger partial charge in [0.2, 0.25) is 0 Å². The summed E-state index contributed by atoms with van der Waals surface area (Å²) in [4.78, 5) is 0. The molecule has 0 fully saturated rings. The van der Waals surface area contributed by atoms with E-state index in [1.54, 1.807) is 6.92 Å². The summed E-state index contributed by atoms with van der Waals surface area (Å²) in [6, 6.07) is -0.0141. The Bertz CT molecular complexity index is 160. The standard InChI is InChI=1S/C5H13NO2S/c1-5(6)3-4-9(2,7)8/h5H,3-4,6H2,1-2H3/t5-/m0/s1. The molecule has 0 aromatic rings. The van der Waals surface area contributed by atoms with Crippen molar-refractivity contribution < 1.29 is 8.42 Å². The van der Waals surface area contributed by atoms with E-state index in [1.165, 1.54) is 6.26 Å². The van der Waals surface area contributed by atoms with Crippen molar-refractivity contribution in [3.63, 3.8) is 0 Å². The second-order valence-corrected chi connectivity index (χ2v) is 4.66. The van der Waals surface area contributed by atoms with Gasteiger partial charge in [-0.3, -0.25) is 0 Å². The third-order valence-corrected chi connectivity index (χ3v) is 1.92. The fraction of sp³-hybridized carbons (Fsp3) is 1.00. The molecule has 9 heavy (non-hydrogen) atoms. The Hall–Kier alpha value is -0.0900. The van der Waals surface area contributed by atoms with Crippen LogP contribution in [0.25, 0.3) is 0 Å². The van der Waals surface area contributed by atoms with Crippen molar-refractivity contribution in [1.29, 1.82) is 0 Å². The van der Waals surface area contributed by atoms with Gasteiger partial charge in [0.1, 0.15) is 9.84 Å². The van der Waals surface area contributed by atoms with Gasteiger partial charge in [0, 0.05) is 12.3 Å². The average molecular weight is 151 g/mol. The first-order valence-corrected chi connectivity index (χ1v) is 4.91. The van der Waals surface area contributed by atoms with Crippen molar-refractivity contribution in [1.82, 2.24) is 0 Å². The van der Waals surface area contributed by atoms with Crippen molar-refractivity contribution in [3.05, 3.63) is 0 Å². The zero-order valence-corrected chi connectivity index (χ0v) is 6.61. The van der Waals surface area contributed by atoms with Crippen LogP contribution >= 0.6 is 0 Å². The lowest BCUT2D eigenvalue weighted by Crippen LogP contribution is -2.19. The maximum Gasteiger partial charge on any atom is 0.147 e. The zero-order valence-electron chi connectivity index (χ0n) is 5.79. The summed E-state index contributed by atoms with van der Waals surface area (Å²) in [6.07, 6.45) is 1.77. The van der Waals surface area contributed by atoms with Crippen molar-refractivity contribution in [2.24, 2.45) is 5.73 Å². The number of sulfone groups is 1. The molecular formula is C5H13NO2S. The summed E-state index contributed by atoms with van der Waals surface area (Å²) in [5, 5.41) is 0. The molecule has 0 aliphatic carbocycles. The van der Waals surface area contributed by atoms with Crippen LogP contribution in [0.5, 0.6) is 0 Å². The van der Waals surface area contributed by atoms with E-state index < -0.39 is 9.84 Å². The second kappa shape index (κ2) is 3.17. The third-order valence-electron chi connectivity index (χ3n) is 0.944. The number of nitrogens with two attached hydrogens (primary N) is 1. The van der Waals surface area contributed by atoms with Crippen LogP contribution in [0.3, 0.4) is 0 Å². The van der Waals surface area contributed by atoms with Crippen LogP contribution in [-0.4, -0.2) is 26.5 Å². The second-order valence-electron chi connectivity index (χ2n) is 2.40. The van der Waals surface area contributed by atoms with Gasteiger partial charge in [-0.05, 0) is 13.3 Å². The highest BCUT2D eigenvalue weighted by molar-refractivity contribution is 7.90. The first-order valence-electron chi connectivity index (χ1n) is 2.85. The van der Waals surface area contributed by atoms with Crippen LogP contribution in [-0.2, 0) is 9.84 Å². The molecule has 2 N–H and O–H groups in total. The topological polar surface area (TPSA) is 60.2 Å². The highest BCUT2D eigenvalue weighted by Gasteiger charge is 2.02. The van der Waals surface area contributed by atoms with Crippen LogP contribution < -0.4 is 5.73 Å². The fourth-order valence-electron chi connectivity index (χ4n) is 0.400. The van der Waals surface area contributed by atoms with Crippen LogP contribution in [0.1, 0.15) is 13.3 Å². The molecule has 1 atom stereocenters. The minimum Gasteiger partial charge on any atom is -0.328 e. The Morgan fingerprint density at radius 3 is 2.11 bits per heavy atom. The highest BCUT2D eigenvalue weighted by Crippen LogP contribution is 1.91. The molecule has 56 valence electrons. The molecule has 0 aliphatic rings. The smallest absolute Gasteiger partial charge is 0.147 e. The monoisotopic (exact) mass is 151 g/mol. The van der Waals surface area contributed by atoms with Gasteiger partial charge in [-0.1, -0.05) is 0 Å². The lowest BCUT2D eigenvalue weighted by molar-refractivity contribution is 0.593. The summed E-state index contributed by atoms with van der Waals surface area (Å²) in [5.41, 5.74) is 5.34. The Labute approximate surface area is 56.2 Å². The Balaban J connectivity index is 3.53. The molecule has 3 nitrogen and oxygen atoms in total. The fourth-order valence-corrected chi connectivity index (χ4v) is 1.20. The molecule has 0 saturated carbocycles. The van der Waals surface area contributed by atoms with E-state index in [2.05, 4.69) is 0 Å². The van der Waals surface area contributed by atoms with Crippen molar-refractivity contribution in [3.8, 4) is 0 Å². The predicted octanol–water partition coefficient (Wildman–Crippen LogP) is -0.232. The van der Waals surface area contributed by atoms with Gasteiger partial charge >= 0.3 is 0 Å². The van der Waals surface area contributed by atoms with Gasteiger partial charge in [-0.2, -0.15) is 0 Å². The number of hydrogen-bond donors (Lipinski definition) is 1. The summed E-state index contributed by atoms with van der Waals surface area (Å²) >= 11 is 0. The van der Waals surface area contributed by atoms with Crippen LogP contribution in [0, 0.1) is 0 Å². The average Bonchev–Trinajstić information content (AvgIpc) is 1.59. The molecular weight excluding hydrogens is 138 g/mol. The van der Waals surface area contributed by atoms with Crippen molar-refractivity contribution in [2.45, 2.75) is 19.4 Å². The van der Waals surface area contributed by atoms with E-state index in [0.717, 1.165) is 0 Å². The van der Waals surface area contributed by atoms with Crippen LogP contribution in [0.15, 0.2) is 0 Å². The minimum absolute atomic E-state index is 0.0141. The molecule has 0 unspecified atom stereocenters. The molecule has 0 bridgehead atoms. The quantitative estimate of drug-likeness (QED) is 0.606. The molecule has 0 heterocycles. The lowest BCUT2D eigenvalue weighted by Gasteiger charge is -2.00. The van der Waals surface area contributed by atoms with Gasteiger partial charge in [0.05, 0.1) is 5.75 Å².